The van der Waals surface area contributed by atoms with Gasteiger partial charge in [0.15, 0.2) is 0 Å². The molecule has 1 saturated heterocycles. The van der Waals surface area contributed by atoms with Gasteiger partial charge in [0.1, 0.15) is 11.5 Å². The maximum atomic E-state index is 14.0. The van der Waals surface area contributed by atoms with Crippen LogP contribution in [0.1, 0.15) is 18.4 Å². The largest absolute Gasteiger partial charge is 0.465 e. The van der Waals surface area contributed by atoms with Crippen LogP contribution in [0.3, 0.4) is 0 Å². The van der Waals surface area contributed by atoms with E-state index >= 15 is 0 Å². The molecule has 1 aliphatic heterocycles. The highest BCUT2D eigenvalue weighted by Crippen LogP contribution is 2.40. The van der Waals surface area contributed by atoms with Gasteiger partial charge in [-0.05, 0) is 48.7 Å². The number of ether oxygens (including phenoxy) is 1. The Hall–Kier alpha value is -3.57. The number of sulfonamides is 1. The number of halogens is 3. The smallest absolute Gasteiger partial charge is 0.417 e. The lowest BCUT2D eigenvalue weighted by atomic mass is 10.0. The Kier molecular flexibility index (Phi) is 7.23. The second kappa shape index (κ2) is 10.2. The summed E-state index contributed by atoms with van der Waals surface area (Å²) in [4.78, 5) is 11.3. The zero-order valence-corrected chi connectivity index (χ0v) is 19.7. The molecule has 4 rings (SSSR count). The normalized spacial score (nSPS) is 15.0. The summed E-state index contributed by atoms with van der Waals surface area (Å²) >= 11 is 0. The average molecular weight is 521 g/mol. The van der Waals surface area contributed by atoms with Crippen molar-refractivity contribution in [2.24, 2.45) is 0 Å². The quantitative estimate of drug-likeness (QED) is 0.442. The number of nitrogens with one attached hydrogen (secondary N) is 1. The van der Waals surface area contributed by atoms with Crippen LogP contribution >= 0.6 is 0 Å². The van der Waals surface area contributed by atoms with Crippen molar-refractivity contribution >= 4 is 16.1 Å². The van der Waals surface area contributed by atoms with E-state index in [1.807, 2.05) is 0 Å². The summed E-state index contributed by atoms with van der Waals surface area (Å²) in [7, 11) is -4.54. The van der Waals surface area contributed by atoms with Crippen molar-refractivity contribution in [2.75, 3.05) is 13.1 Å². The topological polar surface area (TPSA) is 95.9 Å². The lowest BCUT2D eigenvalue weighted by Crippen LogP contribution is -2.46. The van der Waals surface area contributed by atoms with Crippen LogP contribution < -0.4 is 9.46 Å². The molecule has 36 heavy (non-hydrogen) atoms. The van der Waals surface area contributed by atoms with Crippen LogP contribution in [0.5, 0.6) is 11.5 Å². The van der Waals surface area contributed by atoms with Crippen molar-refractivity contribution in [3.63, 3.8) is 0 Å². The van der Waals surface area contributed by atoms with Gasteiger partial charge in [0.05, 0.1) is 10.5 Å². The van der Waals surface area contributed by atoms with Crippen LogP contribution in [0, 0.1) is 0 Å². The van der Waals surface area contributed by atoms with E-state index < -0.39 is 38.8 Å². The zero-order chi connectivity index (χ0) is 25.9. The molecule has 1 aliphatic rings. The molecule has 2 N–H and O–H groups in total. The number of alkyl halides is 3. The third-order valence-electron chi connectivity index (χ3n) is 5.83. The average Bonchev–Trinajstić information content (AvgIpc) is 2.84. The molecular formula is C25H23F3N2O5S. The predicted octanol–water partition coefficient (Wildman–Crippen LogP) is 5.59. The molecule has 3 aromatic carbocycles. The Labute approximate surface area is 206 Å². The SMILES string of the molecule is O=C(O)N1CCC(NS(=O)(=O)c2ccc(-c3ccccc3Oc3ccccc3)cc2C(F)(F)F)CC1. The zero-order valence-electron chi connectivity index (χ0n) is 18.9. The summed E-state index contributed by atoms with van der Waals surface area (Å²) < 4.78 is 76.3. The van der Waals surface area contributed by atoms with Crippen molar-refractivity contribution in [1.29, 1.82) is 0 Å². The molecule has 0 unspecified atom stereocenters. The number of rotatable bonds is 6. The Morgan fingerprint density at radius 1 is 0.972 bits per heavy atom. The number of carbonyl (C=O) groups is 1. The molecule has 1 fully saturated rings. The third-order valence-corrected chi connectivity index (χ3v) is 7.41. The molecule has 0 spiro atoms. The van der Waals surface area contributed by atoms with Crippen molar-refractivity contribution in [3.05, 3.63) is 78.4 Å². The third kappa shape index (κ3) is 5.80. The number of amides is 1. The molecule has 11 heteroatoms. The molecule has 0 aromatic heterocycles. The first-order valence-corrected chi connectivity index (χ1v) is 12.6. The number of hydrogen-bond donors (Lipinski definition) is 2. The Morgan fingerprint density at radius 2 is 1.61 bits per heavy atom. The Balaban J connectivity index is 1.65. The molecule has 1 heterocycles. The van der Waals surface area contributed by atoms with Crippen molar-refractivity contribution in [1.82, 2.24) is 9.62 Å². The highest BCUT2D eigenvalue weighted by atomic mass is 32.2. The van der Waals surface area contributed by atoms with Gasteiger partial charge in [-0.3, -0.25) is 0 Å². The van der Waals surface area contributed by atoms with Crippen LogP contribution in [-0.2, 0) is 16.2 Å². The number of likely N-dealkylation sites (tertiary alicyclic amines) is 1. The number of hydrogen-bond acceptors (Lipinski definition) is 4. The van der Waals surface area contributed by atoms with E-state index in [-0.39, 0.29) is 31.5 Å². The van der Waals surface area contributed by atoms with Gasteiger partial charge in [0.25, 0.3) is 0 Å². The molecule has 1 amide bonds. The van der Waals surface area contributed by atoms with Crippen molar-refractivity contribution < 1.29 is 36.2 Å². The molecular weight excluding hydrogens is 497 g/mol. The maximum Gasteiger partial charge on any atom is 0.417 e. The summed E-state index contributed by atoms with van der Waals surface area (Å²) in [5.74, 6) is 0.814. The van der Waals surface area contributed by atoms with Gasteiger partial charge in [-0.2, -0.15) is 13.2 Å². The first-order chi connectivity index (χ1) is 17.0. The van der Waals surface area contributed by atoms with Crippen LogP contribution in [-0.4, -0.2) is 43.6 Å². The van der Waals surface area contributed by atoms with E-state index in [9.17, 15) is 26.4 Å². The minimum atomic E-state index is -4.94. The lowest BCUT2D eigenvalue weighted by Gasteiger charge is -2.30. The second-order valence-electron chi connectivity index (χ2n) is 8.29. The summed E-state index contributed by atoms with van der Waals surface area (Å²) in [6, 6.07) is 17.7. The molecule has 0 aliphatic carbocycles. The molecule has 190 valence electrons. The lowest BCUT2D eigenvalue weighted by molar-refractivity contribution is -0.139. The fourth-order valence-corrected chi connectivity index (χ4v) is 5.55. The number of nitrogens with zero attached hydrogens (tertiary/aromatic N) is 1. The van der Waals surface area contributed by atoms with Gasteiger partial charge in [-0.1, -0.05) is 42.5 Å². The Bertz CT molecular complexity index is 1340. The summed E-state index contributed by atoms with van der Waals surface area (Å²) in [6.45, 7) is 0.178. The van der Waals surface area contributed by atoms with Gasteiger partial charge in [0, 0.05) is 24.7 Å². The predicted molar refractivity (Wildman–Crippen MR) is 126 cm³/mol. The van der Waals surface area contributed by atoms with Gasteiger partial charge < -0.3 is 14.7 Å². The summed E-state index contributed by atoms with van der Waals surface area (Å²) in [6.07, 6.45) is -5.74. The van der Waals surface area contributed by atoms with Crippen LogP contribution in [0.25, 0.3) is 11.1 Å². The van der Waals surface area contributed by atoms with Gasteiger partial charge in [-0.25, -0.2) is 17.9 Å². The molecule has 0 radical (unpaired) electrons. The van der Waals surface area contributed by atoms with E-state index in [0.717, 1.165) is 17.0 Å². The van der Waals surface area contributed by atoms with Crippen LogP contribution in [0.4, 0.5) is 18.0 Å². The number of piperidine rings is 1. The summed E-state index contributed by atoms with van der Waals surface area (Å²) in [5, 5.41) is 9.04. The molecule has 7 nitrogen and oxygen atoms in total. The second-order valence-corrected chi connectivity index (χ2v) is 9.97. The summed E-state index contributed by atoms with van der Waals surface area (Å²) in [5.41, 5.74) is -0.794. The number of benzene rings is 3. The highest BCUT2D eigenvalue weighted by Gasteiger charge is 2.38. The minimum Gasteiger partial charge on any atom is -0.465 e. The molecule has 3 aromatic rings. The molecule has 0 saturated carbocycles. The van der Waals surface area contributed by atoms with Crippen LogP contribution in [0.2, 0.25) is 0 Å². The van der Waals surface area contributed by atoms with Crippen molar-refractivity contribution in [3.8, 4) is 22.6 Å². The van der Waals surface area contributed by atoms with E-state index in [0.29, 0.717) is 17.1 Å². The van der Waals surface area contributed by atoms with Crippen molar-refractivity contribution in [2.45, 2.75) is 30.0 Å². The maximum absolute atomic E-state index is 14.0. The standard InChI is InChI=1S/C25H23F3N2O5S/c26-25(27,28)21-16-17(20-8-4-5-9-22(20)35-19-6-2-1-3-7-19)10-11-23(21)36(33,34)29-18-12-14-30(15-13-18)24(31)32/h1-11,16,18,29H,12-15H2,(H,31,32). The minimum absolute atomic E-state index is 0.0891. The molecule has 0 atom stereocenters. The van der Waals surface area contributed by atoms with Gasteiger partial charge in [0.2, 0.25) is 10.0 Å². The fourth-order valence-electron chi connectivity index (χ4n) is 4.03. The van der Waals surface area contributed by atoms with E-state index in [2.05, 4.69) is 4.72 Å². The highest BCUT2D eigenvalue weighted by molar-refractivity contribution is 7.89. The first kappa shape index (κ1) is 25.5. The number of para-hydroxylation sites is 2. The molecule has 0 bridgehead atoms. The van der Waals surface area contributed by atoms with E-state index in [1.165, 1.54) is 6.07 Å². The number of carboxylic acid groups (broad SMARTS) is 1. The van der Waals surface area contributed by atoms with Gasteiger partial charge in [-0.15, -0.1) is 0 Å². The van der Waals surface area contributed by atoms with Crippen LogP contribution in [0.15, 0.2) is 77.7 Å². The monoisotopic (exact) mass is 520 g/mol. The fraction of sp³-hybridized carbons (Fsp3) is 0.240. The van der Waals surface area contributed by atoms with Gasteiger partial charge >= 0.3 is 12.3 Å². The van der Waals surface area contributed by atoms with E-state index in [1.54, 1.807) is 54.6 Å². The van der Waals surface area contributed by atoms with E-state index in [4.69, 9.17) is 9.84 Å². The Morgan fingerprint density at radius 3 is 2.25 bits per heavy atom. The first-order valence-electron chi connectivity index (χ1n) is 11.1.